The predicted molar refractivity (Wildman–Crippen MR) is 121 cm³/mol. The van der Waals surface area contributed by atoms with E-state index in [1.165, 1.54) is 12.1 Å². The van der Waals surface area contributed by atoms with Crippen molar-refractivity contribution in [1.29, 1.82) is 0 Å². The third-order valence-corrected chi connectivity index (χ3v) is 8.87. The van der Waals surface area contributed by atoms with Gasteiger partial charge in [0.15, 0.2) is 5.60 Å². The number of halogens is 1. The number of alkyl halides is 1. The maximum Gasteiger partial charge on any atom is 1.00 e. The van der Waals surface area contributed by atoms with Crippen molar-refractivity contribution in [3.8, 4) is 11.5 Å². The predicted octanol–water partition coefficient (Wildman–Crippen LogP) is -2.33. The minimum absolute atomic E-state index is 0. The molecule has 3 unspecified atom stereocenters. The van der Waals surface area contributed by atoms with Crippen molar-refractivity contribution in [3.05, 3.63) is 60.2 Å². The fourth-order valence-corrected chi connectivity index (χ4v) is 7.96. The second-order valence-electron chi connectivity index (χ2n) is 10.1. The molecule has 1 saturated heterocycles. The van der Waals surface area contributed by atoms with Crippen molar-refractivity contribution in [2.45, 2.75) is 48.4 Å². The van der Waals surface area contributed by atoms with Gasteiger partial charge in [-0.25, -0.2) is 4.89 Å². The second kappa shape index (κ2) is 11.3. The Labute approximate surface area is 265 Å². The third-order valence-electron chi connectivity index (χ3n) is 7.97. The monoisotopic (exact) mass is 566 g/mol. The van der Waals surface area contributed by atoms with Crippen molar-refractivity contribution >= 4 is 19.4 Å². The van der Waals surface area contributed by atoms with Crippen LogP contribution in [0.15, 0.2) is 54.6 Å². The molecular weight excluding hydrogens is 541 g/mol. The largest absolute Gasteiger partial charge is 1.00 e. The molecule has 0 aromatic heterocycles. The summed E-state index contributed by atoms with van der Waals surface area (Å²) < 4.78 is 28.2. The van der Waals surface area contributed by atoms with Gasteiger partial charge in [-0.3, -0.25) is 0 Å². The Bertz CT molecular complexity index is 1130. The fourth-order valence-electron chi connectivity index (χ4n) is 7.00. The van der Waals surface area contributed by atoms with Gasteiger partial charge in [0.1, 0.15) is 25.9 Å². The molecule has 1 heterocycles. The molecule has 2 aromatic carbocycles. The first-order valence-electron chi connectivity index (χ1n) is 11.9. The Balaban J connectivity index is 0.00000160. The number of hydrogen-bond donors (Lipinski definition) is 0. The molecule has 8 nitrogen and oxygen atoms in total. The van der Waals surface area contributed by atoms with Crippen LogP contribution in [0.1, 0.15) is 37.7 Å². The molecule has 0 radical (unpaired) electrons. The Morgan fingerprint density at radius 2 is 1.59 bits per heavy atom. The minimum atomic E-state index is -5.23. The quantitative estimate of drug-likeness (QED) is 0.115. The van der Waals surface area contributed by atoms with Crippen molar-refractivity contribution < 1.29 is 97.2 Å². The average molecular weight is 567 g/mol. The van der Waals surface area contributed by atoms with E-state index in [0.717, 1.165) is 37.9 Å². The number of rotatable bonds is 8. The summed E-state index contributed by atoms with van der Waals surface area (Å²) in [6.45, 7) is 0.469. The molecule has 1 spiro atoms. The van der Waals surface area contributed by atoms with E-state index in [9.17, 15) is 14.4 Å². The number of phosphoric ester groups is 1. The molecule has 1 aliphatic heterocycles. The van der Waals surface area contributed by atoms with Gasteiger partial charge in [0.05, 0.1) is 6.61 Å². The van der Waals surface area contributed by atoms with Crippen LogP contribution in [-0.2, 0) is 24.9 Å². The van der Waals surface area contributed by atoms with Crippen LogP contribution in [0.25, 0.3) is 0 Å². The number of ether oxygens (including phenoxy) is 2. The zero-order chi connectivity index (χ0) is 24.3. The topological polar surface area (TPSA) is 109 Å². The van der Waals surface area contributed by atoms with Crippen LogP contribution >= 0.6 is 19.4 Å². The maximum absolute atomic E-state index is 11.3. The van der Waals surface area contributed by atoms with Crippen LogP contribution < -0.4 is 78.2 Å². The van der Waals surface area contributed by atoms with Gasteiger partial charge in [-0.05, 0) is 74.1 Å². The summed E-state index contributed by atoms with van der Waals surface area (Å²) >= 11 is 6.99. The van der Waals surface area contributed by atoms with Crippen molar-refractivity contribution in [1.82, 2.24) is 0 Å². The van der Waals surface area contributed by atoms with Gasteiger partial charge in [-0.15, -0.1) is 11.6 Å². The number of para-hydroxylation sites is 1. The zero-order valence-electron chi connectivity index (χ0n) is 21.0. The first kappa shape index (κ1) is 30.3. The van der Waals surface area contributed by atoms with E-state index in [2.05, 4.69) is 4.52 Å². The second-order valence-corrected chi connectivity index (χ2v) is 12.0. The summed E-state index contributed by atoms with van der Waals surface area (Å²) in [6, 6.07) is 15.7. The van der Waals surface area contributed by atoms with Gasteiger partial charge < -0.3 is 28.3 Å². The SMILES string of the molecule is O=P([O-])([O-])Oc1cccc(C2(OCCOc3ccccc3)OOC23C2CC4CC3CC(Cl)(C4)C2)c1.[Na+].[Na+]. The van der Waals surface area contributed by atoms with Gasteiger partial charge in [0.25, 0.3) is 5.79 Å². The molecule has 0 amide bonds. The summed E-state index contributed by atoms with van der Waals surface area (Å²) in [4.78, 5) is 34.2. The van der Waals surface area contributed by atoms with E-state index in [0.29, 0.717) is 11.5 Å². The minimum Gasteiger partial charge on any atom is -0.780 e. The molecule has 188 valence electrons. The van der Waals surface area contributed by atoms with E-state index in [1.54, 1.807) is 12.1 Å². The molecule has 7 rings (SSSR count). The van der Waals surface area contributed by atoms with Crippen LogP contribution in [0.4, 0.5) is 0 Å². The third kappa shape index (κ3) is 5.50. The van der Waals surface area contributed by atoms with Crippen LogP contribution in [0.2, 0.25) is 0 Å². The van der Waals surface area contributed by atoms with E-state index in [4.69, 9.17) is 30.8 Å². The molecule has 4 saturated carbocycles. The molecule has 5 fully saturated rings. The Kier molecular flexibility index (Phi) is 9.28. The van der Waals surface area contributed by atoms with Crippen molar-refractivity contribution in [2.75, 3.05) is 13.2 Å². The van der Waals surface area contributed by atoms with E-state index in [-0.39, 0.29) is 94.8 Å². The van der Waals surface area contributed by atoms with E-state index in [1.807, 2.05) is 30.3 Å². The number of benzene rings is 2. The number of phosphoric acid groups is 1. The molecule has 4 bridgehead atoms. The van der Waals surface area contributed by atoms with Crippen LogP contribution in [-0.4, -0.2) is 23.7 Å². The first-order valence-corrected chi connectivity index (χ1v) is 13.8. The molecule has 4 aliphatic carbocycles. The Morgan fingerprint density at radius 3 is 2.19 bits per heavy atom. The van der Waals surface area contributed by atoms with Crippen LogP contribution in [0.5, 0.6) is 11.5 Å². The molecule has 2 aromatic rings. The van der Waals surface area contributed by atoms with Gasteiger partial charge in [-0.2, -0.15) is 4.89 Å². The van der Waals surface area contributed by atoms with Crippen LogP contribution in [0, 0.1) is 17.8 Å². The molecule has 37 heavy (non-hydrogen) atoms. The van der Waals surface area contributed by atoms with Crippen molar-refractivity contribution in [3.63, 3.8) is 0 Å². The summed E-state index contributed by atoms with van der Waals surface area (Å²) in [5.41, 5.74) is -0.239. The van der Waals surface area contributed by atoms with Gasteiger partial charge in [0.2, 0.25) is 0 Å². The summed E-state index contributed by atoms with van der Waals surface area (Å²) in [5, 5.41) is 0. The average Bonchev–Trinajstić information content (AvgIpc) is 2.77. The maximum atomic E-state index is 11.3. The van der Waals surface area contributed by atoms with Gasteiger partial charge >= 0.3 is 59.1 Å². The molecule has 12 heteroatoms. The van der Waals surface area contributed by atoms with E-state index >= 15 is 0 Å². The molecular formula is C25H26ClNa2O8P. The smallest absolute Gasteiger partial charge is 0.780 e. The first-order chi connectivity index (χ1) is 16.7. The fraction of sp³-hybridized carbons (Fsp3) is 0.520. The number of hydrogen-bond acceptors (Lipinski definition) is 8. The zero-order valence-corrected chi connectivity index (χ0v) is 26.6. The van der Waals surface area contributed by atoms with Gasteiger partial charge in [0, 0.05) is 10.4 Å². The van der Waals surface area contributed by atoms with Crippen LogP contribution in [0.3, 0.4) is 0 Å². The standard InChI is InChI=1S/C25H28ClO8P.2Na/c26-23-14-17-11-19(15-23)24(20(12-17)16-23)25(34-33-24,31-10-9-30-21-6-2-1-3-7-21)18-5-4-8-22(13-18)32-35(27,28)29;;/h1-8,13,17,19-20H,9-12,14-16H2,(H2,27,28,29);;/q;2*+1/p-2. The van der Waals surface area contributed by atoms with E-state index < -0.39 is 19.2 Å². The molecule has 5 aliphatic rings. The summed E-state index contributed by atoms with van der Waals surface area (Å²) in [6.07, 6.45) is 4.54. The molecule has 3 atom stereocenters. The van der Waals surface area contributed by atoms with Crippen molar-refractivity contribution in [2.24, 2.45) is 17.8 Å². The normalized spacial score (nSPS) is 35.3. The summed E-state index contributed by atoms with van der Waals surface area (Å²) in [7, 11) is -5.23. The Morgan fingerprint density at radius 1 is 0.919 bits per heavy atom. The van der Waals surface area contributed by atoms with Gasteiger partial charge in [-0.1, -0.05) is 30.3 Å². The summed E-state index contributed by atoms with van der Waals surface area (Å²) in [5.74, 6) is 0.0942. The Hall–Kier alpha value is 0.360. The molecule has 0 N–H and O–H groups in total.